The van der Waals surface area contributed by atoms with Crippen LogP contribution in [0.25, 0.3) is 0 Å². The van der Waals surface area contributed by atoms with Crippen molar-refractivity contribution in [1.82, 2.24) is 14.7 Å². The lowest BCUT2D eigenvalue weighted by atomic mass is 9.96. The highest BCUT2D eigenvalue weighted by atomic mass is 16.2. The standard InChI is InChI=1S/C30H41N3O2/c1-24(2)23-33(30(35)27-15-9-10-16-27)18-17-28(34)31-19-21-32(22-20-31)29(25-11-5-3-6-12-25)26-13-7-4-8-14-26/h3-8,11-14,24,27,29H,9-10,15-23H2,1-2H3. The van der Waals surface area contributed by atoms with Crippen molar-refractivity contribution in [1.29, 1.82) is 0 Å². The molecule has 2 aromatic carbocycles. The quantitative estimate of drug-likeness (QED) is 0.513. The van der Waals surface area contributed by atoms with Gasteiger partial charge in [-0.3, -0.25) is 14.5 Å². The van der Waals surface area contributed by atoms with Crippen LogP contribution in [0.3, 0.4) is 0 Å². The number of carbonyl (C=O) groups excluding carboxylic acids is 2. The zero-order chi connectivity index (χ0) is 24.6. The van der Waals surface area contributed by atoms with Crippen molar-refractivity contribution >= 4 is 11.8 Å². The molecule has 2 aliphatic rings. The number of benzene rings is 2. The zero-order valence-electron chi connectivity index (χ0n) is 21.4. The Morgan fingerprint density at radius 1 is 0.857 bits per heavy atom. The van der Waals surface area contributed by atoms with Crippen LogP contribution in [-0.4, -0.2) is 65.8 Å². The van der Waals surface area contributed by atoms with E-state index in [1.807, 2.05) is 9.80 Å². The lowest BCUT2D eigenvalue weighted by Gasteiger charge is -2.40. The van der Waals surface area contributed by atoms with Crippen LogP contribution in [0.4, 0.5) is 0 Å². The van der Waals surface area contributed by atoms with Crippen LogP contribution < -0.4 is 0 Å². The minimum atomic E-state index is 0.167. The third-order valence-corrected chi connectivity index (χ3v) is 7.46. The van der Waals surface area contributed by atoms with Crippen molar-refractivity contribution in [2.45, 2.75) is 52.0 Å². The lowest BCUT2D eigenvalue weighted by Crippen LogP contribution is -2.50. The Kier molecular flexibility index (Phi) is 8.97. The van der Waals surface area contributed by atoms with E-state index in [1.165, 1.54) is 11.1 Å². The van der Waals surface area contributed by atoms with E-state index in [2.05, 4.69) is 79.4 Å². The number of hydrogen-bond acceptors (Lipinski definition) is 3. The van der Waals surface area contributed by atoms with Gasteiger partial charge in [-0.2, -0.15) is 0 Å². The summed E-state index contributed by atoms with van der Waals surface area (Å²) < 4.78 is 0. The third kappa shape index (κ3) is 6.72. The van der Waals surface area contributed by atoms with Crippen molar-refractivity contribution in [2.75, 3.05) is 39.3 Å². The van der Waals surface area contributed by atoms with Gasteiger partial charge in [0.1, 0.15) is 0 Å². The number of hydrogen-bond donors (Lipinski definition) is 0. The molecule has 0 spiro atoms. The Morgan fingerprint density at radius 2 is 1.40 bits per heavy atom. The molecule has 2 fully saturated rings. The third-order valence-electron chi connectivity index (χ3n) is 7.46. The number of rotatable bonds is 9. The molecule has 4 rings (SSSR count). The van der Waals surface area contributed by atoms with Gasteiger partial charge >= 0.3 is 0 Å². The van der Waals surface area contributed by atoms with Gasteiger partial charge < -0.3 is 9.80 Å². The van der Waals surface area contributed by atoms with Gasteiger partial charge in [0.05, 0.1) is 6.04 Å². The number of nitrogens with zero attached hydrogens (tertiary/aromatic N) is 3. The predicted molar refractivity (Wildman–Crippen MR) is 141 cm³/mol. The SMILES string of the molecule is CC(C)CN(CCC(=O)N1CCN(C(c2ccccc2)c2ccccc2)CC1)C(=O)C1CCCC1. The normalized spacial score (nSPS) is 17.3. The first-order valence-electron chi connectivity index (χ1n) is 13.4. The average molecular weight is 476 g/mol. The molecule has 1 saturated carbocycles. The molecular formula is C30H41N3O2. The Balaban J connectivity index is 1.34. The summed E-state index contributed by atoms with van der Waals surface area (Å²) in [4.78, 5) is 32.6. The molecule has 1 heterocycles. The lowest BCUT2D eigenvalue weighted by molar-refractivity contribution is -0.138. The minimum absolute atomic E-state index is 0.167. The van der Waals surface area contributed by atoms with Crippen molar-refractivity contribution in [3.05, 3.63) is 71.8 Å². The summed E-state index contributed by atoms with van der Waals surface area (Å²) in [6, 6.07) is 21.5. The number of piperazine rings is 1. The maximum Gasteiger partial charge on any atom is 0.225 e. The van der Waals surface area contributed by atoms with Gasteiger partial charge in [-0.25, -0.2) is 0 Å². The molecule has 0 atom stereocenters. The molecule has 0 N–H and O–H groups in total. The fourth-order valence-corrected chi connectivity index (χ4v) is 5.67. The van der Waals surface area contributed by atoms with E-state index in [9.17, 15) is 9.59 Å². The molecule has 1 aliphatic carbocycles. The van der Waals surface area contributed by atoms with Gasteiger partial charge in [-0.1, -0.05) is 87.4 Å². The molecular weight excluding hydrogens is 434 g/mol. The predicted octanol–water partition coefficient (Wildman–Crippen LogP) is 4.99. The largest absolute Gasteiger partial charge is 0.342 e. The van der Waals surface area contributed by atoms with Crippen molar-refractivity contribution < 1.29 is 9.59 Å². The summed E-state index contributed by atoms with van der Waals surface area (Å²) in [5.74, 6) is 1.02. The Labute approximate surface area is 211 Å². The fourth-order valence-electron chi connectivity index (χ4n) is 5.67. The maximum atomic E-state index is 13.1. The highest BCUT2D eigenvalue weighted by molar-refractivity contribution is 5.81. The molecule has 0 bridgehead atoms. The van der Waals surface area contributed by atoms with Gasteiger partial charge in [-0.05, 0) is 29.9 Å². The van der Waals surface area contributed by atoms with E-state index in [-0.39, 0.29) is 23.8 Å². The summed E-state index contributed by atoms with van der Waals surface area (Å²) in [6.07, 6.45) is 4.75. The van der Waals surface area contributed by atoms with Crippen LogP contribution >= 0.6 is 0 Å². The second kappa shape index (κ2) is 12.3. The average Bonchev–Trinajstić information content (AvgIpc) is 3.43. The second-order valence-electron chi connectivity index (χ2n) is 10.6. The summed E-state index contributed by atoms with van der Waals surface area (Å²) in [7, 11) is 0. The van der Waals surface area contributed by atoms with Crippen LogP contribution in [0, 0.1) is 11.8 Å². The van der Waals surface area contributed by atoms with Gasteiger partial charge in [0.25, 0.3) is 0 Å². The van der Waals surface area contributed by atoms with Crippen LogP contribution in [0.5, 0.6) is 0 Å². The minimum Gasteiger partial charge on any atom is -0.342 e. The molecule has 1 aliphatic heterocycles. The maximum absolute atomic E-state index is 13.1. The number of amides is 2. The summed E-state index contributed by atoms with van der Waals surface area (Å²) in [5.41, 5.74) is 2.57. The van der Waals surface area contributed by atoms with Crippen LogP contribution in [0.1, 0.15) is 63.1 Å². The highest BCUT2D eigenvalue weighted by Crippen LogP contribution is 2.30. The van der Waals surface area contributed by atoms with Gasteiger partial charge in [0.15, 0.2) is 0 Å². The summed E-state index contributed by atoms with van der Waals surface area (Å²) >= 11 is 0. The monoisotopic (exact) mass is 475 g/mol. The Hall–Kier alpha value is -2.66. The Bertz CT molecular complexity index is 893. The molecule has 2 aromatic rings. The molecule has 5 heteroatoms. The van der Waals surface area contributed by atoms with Crippen LogP contribution in [0.15, 0.2) is 60.7 Å². The van der Waals surface area contributed by atoms with Crippen molar-refractivity contribution in [3.63, 3.8) is 0 Å². The molecule has 188 valence electrons. The highest BCUT2D eigenvalue weighted by Gasteiger charge is 2.30. The van der Waals surface area contributed by atoms with Crippen molar-refractivity contribution in [2.24, 2.45) is 11.8 Å². The zero-order valence-corrected chi connectivity index (χ0v) is 21.4. The first kappa shape index (κ1) is 25.4. The molecule has 5 nitrogen and oxygen atoms in total. The van der Waals surface area contributed by atoms with Crippen molar-refractivity contribution in [3.8, 4) is 0 Å². The molecule has 2 amide bonds. The van der Waals surface area contributed by atoms with E-state index in [4.69, 9.17) is 0 Å². The first-order valence-corrected chi connectivity index (χ1v) is 13.4. The van der Waals surface area contributed by atoms with E-state index in [1.54, 1.807) is 0 Å². The molecule has 1 saturated heterocycles. The molecule has 0 radical (unpaired) electrons. The number of carbonyl (C=O) groups is 2. The van der Waals surface area contributed by atoms with Gasteiger partial charge in [0.2, 0.25) is 11.8 Å². The Morgan fingerprint density at radius 3 is 1.91 bits per heavy atom. The van der Waals surface area contributed by atoms with E-state index in [0.717, 1.165) is 58.4 Å². The molecule has 0 aromatic heterocycles. The molecule has 35 heavy (non-hydrogen) atoms. The van der Waals surface area contributed by atoms with Crippen LogP contribution in [-0.2, 0) is 9.59 Å². The van der Waals surface area contributed by atoms with E-state index in [0.29, 0.717) is 18.9 Å². The molecule has 0 unspecified atom stereocenters. The smallest absolute Gasteiger partial charge is 0.225 e. The van der Waals surface area contributed by atoms with Crippen LogP contribution in [0.2, 0.25) is 0 Å². The van der Waals surface area contributed by atoms with Gasteiger partial charge in [0, 0.05) is 51.6 Å². The second-order valence-corrected chi connectivity index (χ2v) is 10.6. The van der Waals surface area contributed by atoms with Gasteiger partial charge in [-0.15, -0.1) is 0 Å². The summed E-state index contributed by atoms with van der Waals surface area (Å²) in [5, 5.41) is 0. The fraction of sp³-hybridized carbons (Fsp3) is 0.533. The first-order chi connectivity index (χ1) is 17.0. The topological polar surface area (TPSA) is 43.9 Å². The van der Waals surface area contributed by atoms with E-state index >= 15 is 0 Å². The summed E-state index contributed by atoms with van der Waals surface area (Å²) in [6.45, 7) is 8.73. The van der Waals surface area contributed by atoms with E-state index < -0.39 is 0 Å².